The van der Waals surface area contributed by atoms with E-state index in [1.54, 1.807) is 12.1 Å². The second-order valence-electron chi connectivity index (χ2n) is 5.86. The number of carbonyl (C=O) groups is 1. The molecule has 0 aliphatic carbocycles. The highest BCUT2D eigenvalue weighted by Gasteiger charge is 2.26. The molecule has 1 N–H and O–H groups in total. The summed E-state index contributed by atoms with van der Waals surface area (Å²) in [5.74, 6) is 0.498. The SMILES string of the molecule is CCNC(=NCCc1ccccc1F)N1CCC(C(=O)OC)CC1. The Morgan fingerprint density at radius 2 is 2.08 bits per heavy atom. The van der Waals surface area contributed by atoms with Crippen LogP contribution in [0.1, 0.15) is 25.3 Å². The fourth-order valence-electron chi connectivity index (χ4n) is 2.90. The molecule has 1 aliphatic heterocycles. The van der Waals surface area contributed by atoms with Gasteiger partial charge < -0.3 is 15.0 Å². The van der Waals surface area contributed by atoms with Crippen molar-refractivity contribution in [3.05, 3.63) is 35.6 Å². The summed E-state index contributed by atoms with van der Waals surface area (Å²) in [6.45, 7) is 4.86. The van der Waals surface area contributed by atoms with Crippen LogP contribution in [0.5, 0.6) is 0 Å². The Kier molecular flexibility index (Phi) is 7.03. The highest BCUT2D eigenvalue weighted by Crippen LogP contribution is 2.18. The second kappa shape index (κ2) is 9.25. The minimum absolute atomic E-state index is 0.0208. The molecule has 1 heterocycles. The standard InChI is InChI=1S/C18H26FN3O2/c1-3-20-18(21-11-8-14-6-4-5-7-16(14)19)22-12-9-15(10-13-22)17(23)24-2/h4-7,15H,3,8-13H2,1-2H3,(H,20,21). The summed E-state index contributed by atoms with van der Waals surface area (Å²) in [6, 6.07) is 6.80. The summed E-state index contributed by atoms with van der Waals surface area (Å²) in [5, 5.41) is 3.28. The van der Waals surface area contributed by atoms with Gasteiger partial charge in [0.1, 0.15) is 5.82 Å². The first kappa shape index (κ1) is 18.2. The van der Waals surface area contributed by atoms with Crippen LogP contribution in [0.2, 0.25) is 0 Å². The number of benzene rings is 1. The molecular formula is C18H26FN3O2. The van der Waals surface area contributed by atoms with Crippen LogP contribution in [-0.2, 0) is 16.0 Å². The molecule has 1 aromatic rings. The first-order valence-corrected chi connectivity index (χ1v) is 8.50. The Hall–Kier alpha value is -2.11. The van der Waals surface area contributed by atoms with Gasteiger partial charge >= 0.3 is 5.97 Å². The third-order valence-electron chi connectivity index (χ3n) is 4.26. The lowest BCUT2D eigenvalue weighted by Gasteiger charge is -2.33. The molecule has 6 heteroatoms. The van der Waals surface area contributed by atoms with Crippen molar-refractivity contribution in [1.82, 2.24) is 10.2 Å². The van der Waals surface area contributed by atoms with Crippen molar-refractivity contribution in [2.45, 2.75) is 26.2 Å². The average Bonchev–Trinajstić information content (AvgIpc) is 2.62. The lowest BCUT2D eigenvalue weighted by atomic mass is 9.97. The number of halogens is 1. The van der Waals surface area contributed by atoms with E-state index in [1.807, 2.05) is 13.0 Å². The summed E-state index contributed by atoms with van der Waals surface area (Å²) in [7, 11) is 1.43. The van der Waals surface area contributed by atoms with Gasteiger partial charge in [-0.1, -0.05) is 18.2 Å². The van der Waals surface area contributed by atoms with Crippen LogP contribution in [0.25, 0.3) is 0 Å². The molecule has 24 heavy (non-hydrogen) atoms. The van der Waals surface area contributed by atoms with Crippen molar-refractivity contribution in [3.63, 3.8) is 0 Å². The summed E-state index contributed by atoms with van der Waals surface area (Å²) >= 11 is 0. The first-order valence-electron chi connectivity index (χ1n) is 8.50. The molecule has 5 nitrogen and oxygen atoms in total. The van der Waals surface area contributed by atoms with Crippen molar-refractivity contribution in [1.29, 1.82) is 0 Å². The van der Waals surface area contributed by atoms with E-state index in [-0.39, 0.29) is 17.7 Å². The summed E-state index contributed by atoms with van der Waals surface area (Å²) < 4.78 is 18.5. The molecule has 0 spiro atoms. The summed E-state index contributed by atoms with van der Waals surface area (Å²) in [4.78, 5) is 18.4. The smallest absolute Gasteiger partial charge is 0.308 e. The van der Waals surface area contributed by atoms with Gasteiger partial charge in [-0.3, -0.25) is 9.79 Å². The first-order chi connectivity index (χ1) is 11.7. The van der Waals surface area contributed by atoms with E-state index in [9.17, 15) is 9.18 Å². The average molecular weight is 335 g/mol. The van der Waals surface area contributed by atoms with E-state index < -0.39 is 0 Å². The number of carbonyl (C=O) groups excluding carboxylic acids is 1. The molecule has 1 saturated heterocycles. The zero-order valence-electron chi connectivity index (χ0n) is 14.4. The van der Waals surface area contributed by atoms with Crippen molar-refractivity contribution in [3.8, 4) is 0 Å². The van der Waals surface area contributed by atoms with Crippen LogP contribution >= 0.6 is 0 Å². The number of piperidine rings is 1. The molecule has 0 unspecified atom stereocenters. The Morgan fingerprint density at radius 1 is 1.38 bits per heavy atom. The lowest BCUT2D eigenvalue weighted by Crippen LogP contribution is -2.46. The van der Waals surface area contributed by atoms with Gasteiger partial charge in [0.15, 0.2) is 5.96 Å². The van der Waals surface area contributed by atoms with Crippen LogP contribution in [0.4, 0.5) is 4.39 Å². The number of nitrogens with one attached hydrogen (secondary N) is 1. The van der Waals surface area contributed by atoms with Crippen LogP contribution < -0.4 is 5.32 Å². The zero-order valence-corrected chi connectivity index (χ0v) is 14.4. The van der Waals surface area contributed by atoms with Crippen LogP contribution in [0.15, 0.2) is 29.3 Å². The van der Waals surface area contributed by atoms with Crippen LogP contribution in [0, 0.1) is 11.7 Å². The fraction of sp³-hybridized carbons (Fsp3) is 0.556. The molecule has 0 bridgehead atoms. The predicted molar refractivity (Wildman–Crippen MR) is 92.4 cm³/mol. The van der Waals surface area contributed by atoms with Gasteiger partial charge in [0.2, 0.25) is 0 Å². The Morgan fingerprint density at radius 3 is 2.71 bits per heavy atom. The van der Waals surface area contributed by atoms with Gasteiger partial charge in [0, 0.05) is 26.2 Å². The highest BCUT2D eigenvalue weighted by molar-refractivity contribution is 5.80. The Bertz CT molecular complexity index is 569. The number of hydrogen-bond donors (Lipinski definition) is 1. The van der Waals surface area contributed by atoms with Crippen LogP contribution in [0.3, 0.4) is 0 Å². The van der Waals surface area contributed by atoms with E-state index in [0.717, 1.165) is 38.4 Å². The Labute approximate surface area is 142 Å². The van der Waals surface area contributed by atoms with Gasteiger partial charge in [-0.15, -0.1) is 0 Å². The number of hydrogen-bond acceptors (Lipinski definition) is 3. The van der Waals surface area contributed by atoms with Crippen LogP contribution in [-0.4, -0.2) is 50.1 Å². The number of nitrogens with zero attached hydrogens (tertiary/aromatic N) is 2. The molecule has 2 rings (SSSR count). The largest absolute Gasteiger partial charge is 0.469 e. The van der Waals surface area contributed by atoms with Gasteiger partial charge in [-0.25, -0.2) is 4.39 Å². The molecular weight excluding hydrogens is 309 g/mol. The normalized spacial score (nSPS) is 16.1. The van der Waals surface area contributed by atoms with Crippen molar-refractivity contribution in [2.24, 2.45) is 10.9 Å². The molecule has 1 fully saturated rings. The molecule has 0 saturated carbocycles. The number of likely N-dealkylation sites (tertiary alicyclic amines) is 1. The molecule has 132 valence electrons. The van der Waals surface area contributed by atoms with Crippen molar-refractivity contribution in [2.75, 3.05) is 33.3 Å². The van der Waals surface area contributed by atoms with Crippen molar-refractivity contribution >= 4 is 11.9 Å². The predicted octanol–water partition coefficient (Wildman–Crippen LogP) is 2.22. The quantitative estimate of drug-likeness (QED) is 0.509. The minimum Gasteiger partial charge on any atom is -0.469 e. The molecule has 0 atom stereocenters. The fourth-order valence-corrected chi connectivity index (χ4v) is 2.90. The second-order valence-corrected chi connectivity index (χ2v) is 5.86. The highest BCUT2D eigenvalue weighted by atomic mass is 19.1. The Balaban J connectivity index is 1.92. The van der Waals surface area contributed by atoms with E-state index in [2.05, 4.69) is 15.2 Å². The molecule has 1 aliphatic rings. The summed E-state index contributed by atoms with van der Waals surface area (Å²) in [6.07, 6.45) is 2.11. The molecule has 0 amide bonds. The molecule has 0 radical (unpaired) electrons. The maximum atomic E-state index is 13.7. The van der Waals surface area contributed by atoms with Gasteiger partial charge in [-0.2, -0.15) is 0 Å². The van der Waals surface area contributed by atoms with Gasteiger partial charge in [-0.05, 0) is 37.8 Å². The maximum Gasteiger partial charge on any atom is 0.308 e. The molecule has 1 aromatic carbocycles. The van der Waals surface area contributed by atoms with E-state index in [1.165, 1.54) is 13.2 Å². The van der Waals surface area contributed by atoms with E-state index >= 15 is 0 Å². The third-order valence-corrected chi connectivity index (χ3v) is 4.26. The van der Waals surface area contributed by atoms with Gasteiger partial charge in [0.05, 0.1) is 13.0 Å². The molecule has 0 aromatic heterocycles. The van der Waals surface area contributed by atoms with E-state index in [4.69, 9.17) is 4.74 Å². The zero-order chi connectivity index (χ0) is 17.4. The number of rotatable bonds is 5. The van der Waals surface area contributed by atoms with Gasteiger partial charge in [0.25, 0.3) is 0 Å². The van der Waals surface area contributed by atoms with E-state index in [0.29, 0.717) is 18.5 Å². The lowest BCUT2D eigenvalue weighted by molar-refractivity contribution is -0.146. The summed E-state index contributed by atoms with van der Waals surface area (Å²) in [5.41, 5.74) is 0.682. The third kappa shape index (κ3) is 4.94. The topological polar surface area (TPSA) is 53.9 Å². The monoisotopic (exact) mass is 335 g/mol. The van der Waals surface area contributed by atoms with Crippen molar-refractivity contribution < 1.29 is 13.9 Å². The maximum absolute atomic E-state index is 13.7. The number of methoxy groups -OCH3 is 1. The number of ether oxygens (including phenoxy) is 1. The minimum atomic E-state index is -0.184. The number of guanidine groups is 1. The number of aliphatic imine (C=N–C) groups is 1. The number of esters is 1.